The highest BCUT2D eigenvalue weighted by atomic mass is 32.2. The van der Waals surface area contributed by atoms with Gasteiger partial charge in [-0.1, -0.05) is 23.0 Å². The summed E-state index contributed by atoms with van der Waals surface area (Å²) < 4.78 is 0.336. The number of aromatic amines is 1. The number of anilines is 2. The minimum Gasteiger partial charge on any atom is -0.543 e. The van der Waals surface area contributed by atoms with Crippen LogP contribution in [0.2, 0.25) is 0 Å². The van der Waals surface area contributed by atoms with Crippen molar-refractivity contribution in [2.75, 3.05) is 16.9 Å². The number of carboxylic acid groups (broad SMARTS) is 1. The molecule has 3 heterocycles. The van der Waals surface area contributed by atoms with E-state index >= 15 is 0 Å². The molecule has 3 N–H and O–H groups in total. The largest absolute Gasteiger partial charge is 0.543 e. The summed E-state index contributed by atoms with van der Waals surface area (Å²) in [6.45, 7) is 0. The lowest BCUT2D eigenvalue weighted by molar-refractivity contribution is -0.255. The number of nitrogens with one attached hydrogen (secondary N) is 3. The molecule has 1 atom stereocenters. The molecule has 0 radical (unpaired) electrons. The van der Waals surface area contributed by atoms with E-state index < -0.39 is 22.9 Å². The van der Waals surface area contributed by atoms with Crippen LogP contribution >= 0.6 is 11.3 Å². The summed E-state index contributed by atoms with van der Waals surface area (Å²) in [5.74, 6) is -1.59. The molecule has 0 saturated heterocycles. The summed E-state index contributed by atoms with van der Waals surface area (Å²) in [7, 11) is -0.847. The van der Waals surface area contributed by atoms with E-state index in [4.69, 9.17) is 0 Å². The van der Waals surface area contributed by atoms with Crippen molar-refractivity contribution in [2.24, 2.45) is 5.92 Å². The average molecular weight is 475 g/mol. The van der Waals surface area contributed by atoms with Gasteiger partial charge in [0.25, 0.3) is 0 Å². The van der Waals surface area contributed by atoms with E-state index in [1.54, 1.807) is 12.3 Å². The zero-order chi connectivity index (χ0) is 22.7. The zero-order valence-electron chi connectivity index (χ0n) is 16.8. The molecule has 0 aliphatic heterocycles. The van der Waals surface area contributed by atoms with Gasteiger partial charge in [-0.2, -0.15) is 5.21 Å². The lowest BCUT2D eigenvalue weighted by atomic mass is 9.96. The number of nitrogens with zero attached hydrogens (tertiary/aromatic N) is 5. The van der Waals surface area contributed by atoms with Crippen molar-refractivity contribution in [1.29, 1.82) is 0 Å². The summed E-state index contributed by atoms with van der Waals surface area (Å²) in [4.78, 5) is 44.9. The third kappa shape index (κ3) is 4.60. The number of aromatic carboxylic acids is 1. The fraction of sp³-hybridized carbons (Fsp3) is 0.333. The van der Waals surface area contributed by atoms with E-state index in [0.29, 0.717) is 20.6 Å². The molecule has 0 spiro atoms. The van der Waals surface area contributed by atoms with Crippen molar-refractivity contribution in [3.8, 4) is 0 Å². The highest BCUT2D eigenvalue weighted by molar-refractivity contribution is 7.98. The molecule has 3 aromatic rings. The second-order valence-corrected chi connectivity index (χ2v) is 10.0. The van der Waals surface area contributed by atoms with Gasteiger partial charge in [-0.15, -0.1) is 0 Å². The summed E-state index contributed by atoms with van der Waals surface area (Å²) >= 11 is 0.971. The molecule has 1 fully saturated rings. The molecule has 1 saturated carbocycles. The smallest absolute Gasteiger partial charge is 0.389 e. The molecular formula is C18H18N8O4S2. The maximum Gasteiger partial charge on any atom is 0.389 e. The third-order valence-electron chi connectivity index (χ3n) is 4.95. The monoisotopic (exact) mass is 474 g/mol. The Morgan fingerprint density at radius 3 is 2.72 bits per heavy atom. The Morgan fingerprint density at radius 1 is 1.25 bits per heavy atom. The first kappa shape index (κ1) is 21.8. The minimum atomic E-state index is -1.48. The van der Waals surface area contributed by atoms with Crippen molar-refractivity contribution in [3.05, 3.63) is 29.7 Å². The number of aromatic nitrogens is 6. The second kappa shape index (κ2) is 9.40. The van der Waals surface area contributed by atoms with Gasteiger partial charge in [0.2, 0.25) is 4.21 Å². The minimum absolute atomic E-state index is 0.0446. The number of hydrogen-bond acceptors (Lipinski definition) is 10. The van der Waals surface area contributed by atoms with E-state index in [1.807, 2.05) is 0 Å². The van der Waals surface area contributed by atoms with Gasteiger partial charge < -0.3 is 15.2 Å². The first-order valence-corrected chi connectivity index (χ1v) is 12.1. The number of thiazole rings is 1. The summed E-state index contributed by atoms with van der Waals surface area (Å²) in [6.07, 6.45) is 8.31. The molecule has 12 nitrogen and oxygen atoms in total. The molecular weight excluding hydrogens is 456 g/mol. The standard InChI is InChI=1S/C18H18N8O4S2/c1-32(18-23-25-26-24-18)15-12(14(28)29)21-17(31-15)22-16(30)20-11-6-7-19-8-10(11)13(27)9-4-2-3-5-9/h6-9H,2-5H2,1H3,(H3-,19,20,21,22,23,24,25,26,27,28,29,30). The van der Waals surface area contributed by atoms with Gasteiger partial charge in [0.05, 0.1) is 17.2 Å². The molecule has 4 rings (SSSR count). The second-order valence-electron chi connectivity index (χ2n) is 6.99. The quantitative estimate of drug-likeness (QED) is 0.334. The van der Waals surface area contributed by atoms with Gasteiger partial charge in [-0.25, -0.2) is 9.78 Å². The Kier molecular flexibility index (Phi) is 6.41. The Hall–Kier alpha value is -3.39. The number of hydrogen-bond donors (Lipinski definition) is 3. The van der Waals surface area contributed by atoms with Crippen molar-refractivity contribution in [1.82, 2.24) is 30.6 Å². The first-order valence-electron chi connectivity index (χ1n) is 9.62. The van der Waals surface area contributed by atoms with Crippen molar-refractivity contribution in [2.45, 2.75) is 35.0 Å². The average Bonchev–Trinajstić information content (AvgIpc) is 3.54. The number of ketones is 1. The highest BCUT2D eigenvalue weighted by Gasteiger charge is 2.33. The molecule has 0 aromatic carbocycles. The number of urea groups is 1. The molecule has 14 heteroatoms. The highest BCUT2D eigenvalue weighted by Crippen LogP contribution is 2.32. The molecule has 32 heavy (non-hydrogen) atoms. The number of tetrazole rings is 1. The third-order valence-corrected chi connectivity index (χ3v) is 8.18. The van der Waals surface area contributed by atoms with Crippen LogP contribution < -0.4 is 15.7 Å². The van der Waals surface area contributed by atoms with Crippen LogP contribution in [0.3, 0.4) is 0 Å². The van der Waals surface area contributed by atoms with E-state index in [-0.39, 0.29) is 22.5 Å². The lowest BCUT2D eigenvalue weighted by Gasteiger charge is -2.13. The number of rotatable bonds is 7. The Bertz CT molecular complexity index is 1140. The van der Waals surface area contributed by atoms with Gasteiger partial charge in [-0.3, -0.25) is 15.1 Å². The number of carboxylic acids is 1. The summed E-state index contributed by atoms with van der Waals surface area (Å²) in [5, 5.41) is 30.6. The summed E-state index contributed by atoms with van der Waals surface area (Å²) in [6, 6.07) is 0.874. The van der Waals surface area contributed by atoms with Gasteiger partial charge >= 0.3 is 11.2 Å². The van der Waals surface area contributed by atoms with Crippen LogP contribution in [0, 0.1) is 5.92 Å². The Morgan fingerprint density at radius 2 is 2.03 bits per heavy atom. The SMILES string of the molecule is C[S+](c1nn[nH]n1)c1sc(NC(=O)Nc2ccncc2C(=O)C2CCCC2)nc1C(=O)[O-]. The van der Waals surface area contributed by atoms with Crippen LogP contribution in [0.1, 0.15) is 46.5 Å². The normalized spacial score (nSPS) is 14.8. The van der Waals surface area contributed by atoms with Gasteiger partial charge in [-0.05, 0) is 35.5 Å². The Balaban J connectivity index is 1.51. The molecule has 1 aliphatic carbocycles. The topological polar surface area (TPSA) is 179 Å². The first-order chi connectivity index (χ1) is 15.4. The molecule has 1 aliphatic rings. The fourth-order valence-corrected chi connectivity index (χ4v) is 5.99. The fourth-order valence-electron chi connectivity index (χ4n) is 3.42. The molecule has 3 aromatic heterocycles. The van der Waals surface area contributed by atoms with E-state index in [2.05, 4.69) is 41.2 Å². The van der Waals surface area contributed by atoms with Crippen LogP contribution in [-0.2, 0) is 10.9 Å². The number of amides is 2. The molecule has 0 bridgehead atoms. The van der Waals surface area contributed by atoms with E-state index in [0.717, 1.165) is 37.0 Å². The van der Waals surface area contributed by atoms with Crippen LogP contribution in [0.15, 0.2) is 27.8 Å². The van der Waals surface area contributed by atoms with Gasteiger partial charge in [0, 0.05) is 18.3 Å². The van der Waals surface area contributed by atoms with Gasteiger partial charge in [0.1, 0.15) is 17.2 Å². The van der Waals surface area contributed by atoms with Crippen molar-refractivity contribution < 1.29 is 19.5 Å². The number of carbonyl (C=O) groups is 3. The van der Waals surface area contributed by atoms with Crippen molar-refractivity contribution >= 4 is 50.8 Å². The maximum absolute atomic E-state index is 12.8. The van der Waals surface area contributed by atoms with Crippen molar-refractivity contribution in [3.63, 3.8) is 0 Å². The number of carbonyl (C=O) groups excluding carboxylic acids is 3. The predicted molar refractivity (Wildman–Crippen MR) is 114 cm³/mol. The van der Waals surface area contributed by atoms with E-state index in [9.17, 15) is 19.5 Å². The van der Waals surface area contributed by atoms with Crippen LogP contribution in [0.4, 0.5) is 15.6 Å². The lowest BCUT2D eigenvalue weighted by Crippen LogP contribution is -2.25. The molecule has 1 unspecified atom stereocenters. The molecule has 2 amide bonds. The number of Topliss-reactive ketones (excluding diaryl/α,β-unsaturated/α-hetero) is 1. The summed E-state index contributed by atoms with van der Waals surface area (Å²) in [5.41, 5.74) is 0.368. The maximum atomic E-state index is 12.8. The van der Waals surface area contributed by atoms with Gasteiger partial charge in [0.15, 0.2) is 16.6 Å². The molecule has 166 valence electrons. The zero-order valence-corrected chi connectivity index (χ0v) is 18.5. The predicted octanol–water partition coefficient (Wildman–Crippen LogP) is 1.10. The van der Waals surface area contributed by atoms with Crippen LogP contribution in [0.25, 0.3) is 0 Å². The Labute approximate surface area is 188 Å². The van der Waals surface area contributed by atoms with Crippen LogP contribution in [-0.4, -0.2) is 54.6 Å². The number of pyridine rings is 1. The van der Waals surface area contributed by atoms with Crippen LogP contribution in [0.5, 0.6) is 0 Å². The number of H-pyrrole nitrogens is 1. The van der Waals surface area contributed by atoms with E-state index in [1.165, 1.54) is 12.4 Å².